The van der Waals surface area contributed by atoms with Gasteiger partial charge in [-0.15, -0.1) is 6.58 Å². The van der Waals surface area contributed by atoms with Gasteiger partial charge in [0.2, 0.25) is 0 Å². The predicted molar refractivity (Wildman–Crippen MR) is 120 cm³/mol. The lowest BCUT2D eigenvalue weighted by Crippen LogP contribution is -2.37. The van der Waals surface area contributed by atoms with Gasteiger partial charge in [-0.05, 0) is 41.5 Å². The maximum atomic E-state index is 5.38. The molecule has 0 fully saturated rings. The lowest BCUT2D eigenvalue weighted by molar-refractivity contribution is 0.751. The minimum Gasteiger partial charge on any atom is -0.378 e. The number of fused-ring (bicyclic) bond motifs is 1. The summed E-state index contributed by atoms with van der Waals surface area (Å²) in [4.78, 5) is 5.50. The quantitative estimate of drug-likeness (QED) is 0.429. The summed E-state index contributed by atoms with van der Waals surface area (Å²) in [5, 5.41) is 8.37. The number of aromatic nitrogens is 1. The van der Waals surface area contributed by atoms with Gasteiger partial charge in [0.15, 0.2) is 5.11 Å². The van der Waals surface area contributed by atoms with Crippen LogP contribution in [0, 0.1) is 0 Å². The van der Waals surface area contributed by atoms with Crippen molar-refractivity contribution in [3.63, 3.8) is 0 Å². The number of anilines is 1. The molecule has 3 N–H and O–H groups in total. The Hall–Kier alpha value is -2.79. The molecule has 27 heavy (non-hydrogen) atoms. The first-order chi connectivity index (χ1) is 13.1. The Labute approximate surface area is 166 Å². The molecule has 0 aliphatic carbocycles. The average molecular weight is 379 g/mol. The van der Waals surface area contributed by atoms with E-state index in [0.29, 0.717) is 18.2 Å². The minimum atomic E-state index is 0.181. The predicted octanol–water partition coefficient (Wildman–Crippen LogP) is 4.02. The fraction of sp³-hybridized carbons (Fsp3) is 0.227. The number of hydrogen-bond donors (Lipinski definition) is 3. The minimum absolute atomic E-state index is 0.181. The van der Waals surface area contributed by atoms with Gasteiger partial charge >= 0.3 is 0 Å². The molecule has 0 aliphatic heterocycles. The molecule has 0 aliphatic rings. The molecule has 0 bridgehead atoms. The summed E-state index contributed by atoms with van der Waals surface area (Å²) in [5.74, 6) is 0.181. The van der Waals surface area contributed by atoms with E-state index >= 15 is 0 Å². The van der Waals surface area contributed by atoms with Crippen LogP contribution in [-0.2, 0) is 0 Å². The fourth-order valence-electron chi connectivity index (χ4n) is 3.22. The molecule has 0 saturated heterocycles. The van der Waals surface area contributed by atoms with Gasteiger partial charge in [0.25, 0.3) is 0 Å². The molecule has 0 radical (unpaired) electrons. The molecule has 0 unspecified atom stereocenters. The topological polar surface area (TPSA) is 43.1 Å². The van der Waals surface area contributed by atoms with E-state index in [-0.39, 0.29) is 5.92 Å². The Balaban J connectivity index is 1.91. The molecule has 3 rings (SSSR count). The fourth-order valence-corrected chi connectivity index (χ4v) is 3.38. The Morgan fingerprint density at radius 1 is 1.15 bits per heavy atom. The number of thiocarbonyl (C=S) groups is 1. The van der Waals surface area contributed by atoms with E-state index in [9.17, 15) is 0 Å². The van der Waals surface area contributed by atoms with Gasteiger partial charge in [0.05, 0.1) is 0 Å². The van der Waals surface area contributed by atoms with Crippen LogP contribution in [-0.4, -0.2) is 37.3 Å². The number of nitrogens with zero attached hydrogens (tertiary/aromatic N) is 1. The van der Waals surface area contributed by atoms with Crippen LogP contribution in [0.2, 0.25) is 0 Å². The molecule has 140 valence electrons. The van der Waals surface area contributed by atoms with Gasteiger partial charge in [-0.1, -0.05) is 36.4 Å². The standard InChI is InChI=1S/C22H26N4S/c1-4-13-23-22(27)25-14-19(16-9-11-17(12-10-16)26(2)3)20-15-24-21-8-6-5-7-18(20)21/h4-12,15,19,24H,1,13-14H2,2-3H3,(H2,23,25,27)/t19-/m0/s1. The Morgan fingerprint density at radius 3 is 2.59 bits per heavy atom. The van der Waals surface area contributed by atoms with Crippen LogP contribution in [0.25, 0.3) is 10.9 Å². The molecule has 3 aromatic rings. The largest absolute Gasteiger partial charge is 0.378 e. The normalized spacial score (nSPS) is 11.8. The number of nitrogens with one attached hydrogen (secondary N) is 3. The summed E-state index contributed by atoms with van der Waals surface area (Å²) < 4.78 is 0. The Morgan fingerprint density at radius 2 is 1.89 bits per heavy atom. The second-order valence-corrected chi connectivity index (χ2v) is 7.12. The van der Waals surface area contributed by atoms with Gasteiger partial charge < -0.3 is 20.5 Å². The Bertz CT molecular complexity index is 911. The van der Waals surface area contributed by atoms with Crippen molar-refractivity contribution < 1.29 is 0 Å². The van der Waals surface area contributed by atoms with Crippen LogP contribution in [0.4, 0.5) is 5.69 Å². The highest BCUT2D eigenvalue weighted by Gasteiger charge is 2.18. The summed E-state index contributed by atoms with van der Waals surface area (Å²) in [6.07, 6.45) is 3.90. The first kappa shape index (κ1) is 19.0. The first-order valence-electron chi connectivity index (χ1n) is 9.06. The van der Waals surface area contributed by atoms with Crippen molar-refractivity contribution in [3.8, 4) is 0 Å². The molecular weight excluding hydrogens is 352 g/mol. The molecule has 0 spiro atoms. The van der Waals surface area contributed by atoms with E-state index < -0.39 is 0 Å². The lowest BCUT2D eigenvalue weighted by atomic mass is 9.90. The van der Waals surface area contributed by atoms with Crippen molar-refractivity contribution in [1.29, 1.82) is 0 Å². The third-order valence-corrected chi connectivity index (χ3v) is 4.97. The van der Waals surface area contributed by atoms with Crippen molar-refractivity contribution >= 4 is 33.9 Å². The van der Waals surface area contributed by atoms with Crippen molar-refractivity contribution in [2.24, 2.45) is 0 Å². The number of aromatic amines is 1. The average Bonchev–Trinajstić information content (AvgIpc) is 3.11. The number of rotatable bonds is 7. The van der Waals surface area contributed by atoms with Crippen molar-refractivity contribution in [3.05, 3.63) is 78.5 Å². The van der Waals surface area contributed by atoms with E-state index in [2.05, 4.69) is 95.9 Å². The van der Waals surface area contributed by atoms with Crippen LogP contribution < -0.4 is 15.5 Å². The van der Waals surface area contributed by atoms with Gasteiger partial charge in [-0.25, -0.2) is 0 Å². The highest BCUT2D eigenvalue weighted by Crippen LogP contribution is 2.31. The zero-order valence-electron chi connectivity index (χ0n) is 15.8. The molecular formula is C22H26N4S. The van der Waals surface area contributed by atoms with Gasteiger partial charge in [-0.3, -0.25) is 0 Å². The second-order valence-electron chi connectivity index (χ2n) is 6.71. The van der Waals surface area contributed by atoms with E-state index in [1.165, 1.54) is 22.2 Å². The van der Waals surface area contributed by atoms with Crippen LogP contribution >= 0.6 is 12.2 Å². The number of benzene rings is 2. The zero-order valence-corrected chi connectivity index (χ0v) is 16.6. The molecule has 1 aromatic heterocycles. The summed E-state index contributed by atoms with van der Waals surface area (Å²) in [5.41, 5.74) is 4.86. The van der Waals surface area contributed by atoms with Crippen LogP contribution in [0.3, 0.4) is 0 Å². The number of hydrogen-bond acceptors (Lipinski definition) is 2. The van der Waals surface area contributed by atoms with E-state index in [4.69, 9.17) is 12.2 Å². The number of H-pyrrole nitrogens is 1. The smallest absolute Gasteiger partial charge is 0.166 e. The third-order valence-electron chi connectivity index (χ3n) is 4.68. The molecule has 5 heteroatoms. The summed E-state index contributed by atoms with van der Waals surface area (Å²) >= 11 is 5.38. The highest BCUT2D eigenvalue weighted by atomic mass is 32.1. The van der Waals surface area contributed by atoms with Gasteiger partial charge in [-0.2, -0.15) is 0 Å². The van der Waals surface area contributed by atoms with Gasteiger partial charge in [0.1, 0.15) is 0 Å². The monoisotopic (exact) mass is 378 g/mol. The van der Waals surface area contributed by atoms with Crippen molar-refractivity contribution in [2.75, 3.05) is 32.1 Å². The second kappa shape index (κ2) is 8.73. The van der Waals surface area contributed by atoms with Crippen molar-refractivity contribution in [2.45, 2.75) is 5.92 Å². The third kappa shape index (κ3) is 4.49. The van der Waals surface area contributed by atoms with E-state index in [0.717, 1.165) is 5.52 Å². The van der Waals surface area contributed by atoms with Crippen molar-refractivity contribution in [1.82, 2.24) is 15.6 Å². The summed E-state index contributed by atoms with van der Waals surface area (Å²) in [6, 6.07) is 17.1. The molecule has 0 saturated carbocycles. The molecule has 1 atom stereocenters. The lowest BCUT2D eigenvalue weighted by Gasteiger charge is -2.21. The maximum absolute atomic E-state index is 5.38. The van der Waals surface area contributed by atoms with Crippen LogP contribution in [0.1, 0.15) is 17.0 Å². The van der Waals surface area contributed by atoms with E-state index in [1.807, 2.05) is 0 Å². The zero-order chi connectivity index (χ0) is 19.2. The molecule has 0 amide bonds. The molecule has 4 nitrogen and oxygen atoms in total. The Kier molecular flexibility index (Phi) is 6.14. The number of para-hydroxylation sites is 1. The first-order valence-corrected chi connectivity index (χ1v) is 9.47. The van der Waals surface area contributed by atoms with Crippen LogP contribution in [0.15, 0.2) is 67.4 Å². The van der Waals surface area contributed by atoms with E-state index in [1.54, 1.807) is 6.08 Å². The highest BCUT2D eigenvalue weighted by molar-refractivity contribution is 7.80. The summed E-state index contributed by atoms with van der Waals surface area (Å²) in [7, 11) is 4.11. The van der Waals surface area contributed by atoms with Crippen LogP contribution in [0.5, 0.6) is 0 Å². The molecule has 1 heterocycles. The summed E-state index contributed by atoms with van der Waals surface area (Å²) in [6.45, 7) is 5.08. The maximum Gasteiger partial charge on any atom is 0.166 e. The van der Waals surface area contributed by atoms with Gasteiger partial charge in [0, 0.05) is 55.9 Å². The SMILES string of the molecule is C=CCNC(=S)NC[C@@H](c1ccc(N(C)C)cc1)c1c[nH]c2ccccc12. The molecule has 2 aromatic carbocycles.